The largest absolute Gasteiger partial charge is 0.467 e. The number of carbonyl (C=O) groups is 2. The van der Waals surface area contributed by atoms with Gasteiger partial charge >= 0.3 is 5.97 Å². The van der Waals surface area contributed by atoms with E-state index < -0.39 is 6.04 Å². The standard InChI is InChI=1S/C23H31NO3/c1-15(2)19(20(25)27-3)24-21(26)23-12-16-9-17(13-23)11-22(10-16,14-23)18-7-5-4-6-8-18/h4-8,15-17,19H,9-14H2,1-3H3,(H,24,26). The summed E-state index contributed by atoms with van der Waals surface area (Å²) in [5.74, 6) is 0.973. The molecule has 146 valence electrons. The summed E-state index contributed by atoms with van der Waals surface area (Å²) in [7, 11) is 1.39. The van der Waals surface area contributed by atoms with Crippen LogP contribution in [0.4, 0.5) is 0 Å². The van der Waals surface area contributed by atoms with Gasteiger partial charge in [-0.25, -0.2) is 4.79 Å². The van der Waals surface area contributed by atoms with Crippen molar-refractivity contribution in [1.29, 1.82) is 0 Å². The van der Waals surface area contributed by atoms with Gasteiger partial charge in [-0.15, -0.1) is 0 Å². The summed E-state index contributed by atoms with van der Waals surface area (Å²) in [4.78, 5) is 25.6. The first kappa shape index (κ1) is 18.5. The van der Waals surface area contributed by atoms with E-state index in [4.69, 9.17) is 4.74 Å². The SMILES string of the molecule is COC(=O)C(NC(=O)C12CC3CC(C1)CC(c1ccccc1)(C3)C2)C(C)C. The molecule has 4 saturated carbocycles. The molecular formula is C23H31NO3. The van der Waals surface area contributed by atoms with Crippen LogP contribution in [0, 0.1) is 23.2 Å². The highest BCUT2D eigenvalue weighted by atomic mass is 16.5. The molecule has 1 amide bonds. The fourth-order valence-electron chi connectivity index (χ4n) is 6.58. The second-order valence-electron chi connectivity index (χ2n) is 9.61. The minimum atomic E-state index is -0.567. The van der Waals surface area contributed by atoms with Crippen molar-refractivity contribution in [2.45, 2.75) is 63.8 Å². The number of ether oxygens (including phenoxy) is 1. The minimum absolute atomic E-state index is 0.0124. The predicted octanol–water partition coefficient (Wildman–Crippen LogP) is 3.84. The van der Waals surface area contributed by atoms with E-state index in [2.05, 4.69) is 35.6 Å². The predicted molar refractivity (Wildman–Crippen MR) is 104 cm³/mol. The Balaban J connectivity index is 1.63. The molecular weight excluding hydrogens is 338 g/mol. The third-order valence-corrected chi connectivity index (χ3v) is 7.34. The van der Waals surface area contributed by atoms with Crippen LogP contribution in [0.25, 0.3) is 0 Å². The maximum absolute atomic E-state index is 13.5. The topological polar surface area (TPSA) is 55.4 Å². The Bertz CT molecular complexity index is 712. The molecule has 0 radical (unpaired) electrons. The Hall–Kier alpha value is -1.84. The number of rotatable bonds is 5. The van der Waals surface area contributed by atoms with Crippen molar-refractivity contribution in [2.24, 2.45) is 23.2 Å². The van der Waals surface area contributed by atoms with Crippen LogP contribution < -0.4 is 5.32 Å². The number of esters is 1. The molecule has 0 saturated heterocycles. The minimum Gasteiger partial charge on any atom is -0.467 e. The highest BCUT2D eigenvalue weighted by molar-refractivity contribution is 5.88. The van der Waals surface area contributed by atoms with Crippen molar-refractivity contribution >= 4 is 11.9 Å². The zero-order valence-electron chi connectivity index (χ0n) is 16.7. The second-order valence-corrected chi connectivity index (χ2v) is 9.61. The number of benzene rings is 1. The van der Waals surface area contributed by atoms with Gasteiger partial charge in [0.05, 0.1) is 12.5 Å². The molecule has 1 aromatic rings. The molecule has 0 aliphatic heterocycles. The summed E-state index contributed by atoms with van der Waals surface area (Å²) >= 11 is 0. The second kappa shape index (κ2) is 6.65. The molecule has 27 heavy (non-hydrogen) atoms. The molecule has 4 aliphatic rings. The van der Waals surface area contributed by atoms with Crippen LogP contribution in [0.5, 0.6) is 0 Å². The molecule has 4 fully saturated rings. The monoisotopic (exact) mass is 369 g/mol. The Kier molecular flexibility index (Phi) is 4.56. The van der Waals surface area contributed by atoms with Crippen molar-refractivity contribution < 1.29 is 14.3 Å². The first-order chi connectivity index (χ1) is 12.9. The quantitative estimate of drug-likeness (QED) is 0.803. The van der Waals surface area contributed by atoms with Gasteiger partial charge in [0, 0.05) is 0 Å². The van der Waals surface area contributed by atoms with Crippen LogP contribution in [-0.4, -0.2) is 25.0 Å². The molecule has 4 heteroatoms. The fraction of sp³-hybridized carbons (Fsp3) is 0.652. The van der Waals surface area contributed by atoms with Gasteiger partial charge in [0.1, 0.15) is 6.04 Å². The number of methoxy groups -OCH3 is 1. The van der Waals surface area contributed by atoms with Gasteiger partial charge < -0.3 is 10.1 Å². The number of carbonyl (C=O) groups excluding carboxylic acids is 2. The van der Waals surface area contributed by atoms with Crippen LogP contribution in [0.15, 0.2) is 30.3 Å². The lowest BCUT2D eigenvalue weighted by Crippen LogP contribution is -2.61. The van der Waals surface area contributed by atoms with E-state index in [1.165, 1.54) is 31.9 Å². The van der Waals surface area contributed by atoms with Crippen LogP contribution in [0.1, 0.15) is 57.9 Å². The summed E-state index contributed by atoms with van der Waals surface area (Å²) in [6.45, 7) is 3.90. The first-order valence-corrected chi connectivity index (χ1v) is 10.3. The maximum atomic E-state index is 13.5. The van der Waals surface area contributed by atoms with Gasteiger partial charge in [-0.1, -0.05) is 44.2 Å². The number of amides is 1. The average molecular weight is 370 g/mol. The van der Waals surface area contributed by atoms with E-state index in [0.29, 0.717) is 11.8 Å². The zero-order valence-corrected chi connectivity index (χ0v) is 16.7. The van der Waals surface area contributed by atoms with Crippen LogP contribution >= 0.6 is 0 Å². The first-order valence-electron chi connectivity index (χ1n) is 10.3. The van der Waals surface area contributed by atoms with E-state index in [9.17, 15) is 9.59 Å². The van der Waals surface area contributed by atoms with E-state index >= 15 is 0 Å². The van der Waals surface area contributed by atoms with Gasteiger partial charge in [0.2, 0.25) is 5.91 Å². The Morgan fingerprint density at radius 1 is 1.07 bits per heavy atom. The molecule has 0 aromatic heterocycles. The third-order valence-electron chi connectivity index (χ3n) is 7.34. The summed E-state index contributed by atoms with van der Waals surface area (Å²) in [6.07, 6.45) is 6.51. The Labute approximate surface area is 162 Å². The molecule has 1 aromatic carbocycles. The smallest absolute Gasteiger partial charge is 0.328 e. The van der Waals surface area contributed by atoms with Crippen LogP contribution in [0.3, 0.4) is 0 Å². The van der Waals surface area contributed by atoms with E-state index in [1.807, 2.05) is 13.8 Å². The molecule has 3 atom stereocenters. The average Bonchev–Trinajstić information content (AvgIpc) is 2.64. The van der Waals surface area contributed by atoms with Gasteiger partial charge in [-0.05, 0) is 67.3 Å². The van der Waals surface area contributed by atoms with E-state index in [1.54, 1.807) is 0 Å². The molecule has 4 bridgehead atoms. The third kappa shape index (κ3) is 3.07. The van der Waals surface area contributed by atoms with Gasteiger partial charge in [0.15, 0.2) is 0 Å². The van der Waals surface area contributed by atoms with E-state index in [-0.39, 0.29) is 28.6 Å². The molecule has 0 heterocycles. The molecule has 3 unspecified atom stereocenters. The number of hydrogen-bond donors (Lipinski definition) is 1. The van der Waals surface area contributed by atoms with Gasteiger partial charge in [-0.2, -0.15) is 0 Å². The van der Waals surface area contributed by atoms with Crippen molar-refractivity contribution in [3.05, 3.63) is 35.9 Å². The fourth-order valence-corrected chi connectivity index (χ4v) is 6.58. The van der Waals surface area contributed by atoms with Crippen molar-refractivity contribution in [3.63, 3.8) is 0 Å². The molecule has 0 spiro atoms. The van der Waals surface area contributed by atoms with E-state index in [0.717, 1.165) is 19.3 Å². The lowest BCUT2D eigenvalue weighted by Gasteiger charge is -2.61. The summed E-state index contributed by atoms with van der Waals surface area (Å²) < 4.78 is 4.93. The highest BCUT2D eigenvalue weighted by Crippen LogP contribution is 2.65. The van der Waals surface area contributed by atoms with Gasteiger partial charge in [0.25, 0.3) is 0 Å². The number of hydrogen-bond acceptors (Lipinski definition) is 3. The van der Waals surface area contributed by atoms with Crippen molar-refractivity contribution in [1.82, 2.24) is 5.32 Å². The number of nitrogens with one attached hydrogen (secondary N) is 1. The summed E-state index contributed by atoms with van der Waals surface area (Å²) in [6, 6.07) is 10.2. The lowest BCUT2D eigenvalue weighted by molar-refractivity contribution is -0.155. The molecule has 4 nitrogen and oxygen atoms in total. The van der Waals surface area contributed by atoms with Crippen LogP contribution in [-0.2, 0) is 19.7 Å². The Morgan fingerprint density at radius 2 is 1.70 bits per heavy atom. The Morgan fingerprint density at radius 3 is 2.26 bits per heavy atom. The highest BCUT2D eigenvalue weighted by Gasteiger charge is 2.61. The summed E-state index contributed by atoms with van der Waals surface area (Å²) in [5, 5.41) is 3.08. The normalized spacial score (nSPS) is 35.1. The maximum Gasteiger partial charge on any atom is 0.328 e. The van der Waals surface area contributed by atoms with Gasteiger partial charge in [-0.3, -0.25) is 4.79 Å². The van der Waals surface area contributed by atoms with Crippen molar-refractivity contribution in [3.8, 4) is 0 Å². The molecule has 5 rings (SSSR count). The lowest BCUT2D eigenvalue weighted by atomic mass is 9.42. The van der Waals surface area contributed by atoms with Crippen molar-refractivity contribution in [2.75, 3.05) is 7.11 Å². The summed E-state index contributed by atoms with van der Waals surface area (Å²) in [5.41, 5.74) is 1.19. The molecule has 4 aliphatic carbocycles. The van der Waals surface area contributed by atoms with Crippen LogP contribution in [0.2, 0.25) is 0 Å². The molecule has 1 N–H and O–H groups in total. The zero-order chi connectivity index (χ0) is 19.2.